The lowest BCUT2D eigenvalue weighted by Crippen LogP contribution is -2.26. The normalized spacial score (nSPS) is 12.8. The van der Waals surface area contributed by atoms with Crippen LogP contribution in [0, 0.1) is 12.8 Å². The standard InChI is InChI=1S/C18H31NO/c1-5-11-20-12-10-17(14-19-13-15(2)3)18-9-7-6-8-16(18)4/h6-9,15,17,19H,5,10-14H2,1-4H3. The summed E-state index contributed by atoms with van der Waals surface area (Å²) in [5.74, 6) is 1.25. The maximum absolute atomic E-state index is 5.67. The van der Waals surface area contributed by atoms with Gasteiger partial charge in [-0.1, -0.05) is 45.0 Å². The number of rotatable bonds is 10. The van der Waals surface area contributed by atoms with Gasteiger partial charge in [-0.25, -0.2) is 0 Å². The van der Waals surface area contributed by atoms with Crippen molar-refractivity contribution in [1.29, 1.82) is 0 Å². The van der Waals surface area contributed by atoms with Gasteiger partial charge in [0.1, 0.15) is 0 Å². The van der Waals surface area contributed by atoms with Gasteiger partial charge in [0.05, 0.1) is 0 Å². The van der Waals surface area contributed by atoms with Gasteiger partial charge >= 0.3 is 0 Å². The Balaban J connectivity index is 2.56. The zero-order chi connectivity index (χ0) is 14.8. The van der Waals surface area contributed by atoms with Crippen LogP contribution in [0.4, 0.5) is 0 Å². The molecule has 0 spiro atoms. The molecule has 0 aromatic heterocycles. The highest BCUT2D eigenvalue weighted by Gasteiger charge is 2.13. The number of benzene rings is 1. The van der Waals surface area contributed by atoms with Gasteiger partial charge in [-0.05, 0) is 49.3 Å². The predicted octanol–water partition coefficient (Wildman–Crippen LogP) is 4.14. The molecule has 1 aromatic rings. The fraction of sp³-hybridized carbons (Fsp3) is 0.667. The van der Waals surface area contributed by atoms with Crippen molar-refractivity contribution in [2.75, 3.05) is 26.3 Å². The second-order valence-corrected chi connectivity index (χ2v) is 6.01. The van der Waals surface area contributed by atoms with Gasteiger partial charge in [0.25, 0.3) is 0 Å². The Morgan fingerprint density at radius 1 is 1.10 bits per heavy atom. The van der Waals surface area contributed by atoms with Gasteiger partial charge in [-0.15, -0.1) is 0 Å². The molecule has 1 N–H and O–H groups in total. The fourth-order valence-corrected chi connectivity index (χ4v) is 2.43. The summed E-state index contributed by atoms with van der Waals surface area (Å²) in [6.45, 7) is 12.7. The zero-order valence-electron chi connectivity index (χ0n) is 13.6. The maximum Gasteiger partial charge on any atom is 0.0472 e. The minimum Gasteiger partial charge on any atom is -0.381 e. The molecule has 20 heavy (non-hydrogen) atoms. The Bertz CT molecular complexity index is 362. The van der Waals surface area contributed by atoms with Crippen molar-refractivity contribution in [2.45, 2.75) is 46.5 Å². The van der Waals surface area contributed by atoms with E-state index in [4.69, 9.17) is 4.74 Å². The van der Waals surface area contributed by atoms with Crippen molar-refractivity contribution >= 4 is 0 Å². The van der Waals surface area contributed by atoms with Crippen LogP contribution in [0.3, 0.4) is 0 Å². The zero-order valence-corrected chi connectivity index (χ0v) is 13.6. The van der Waals surface area contributed by atoms with E-state index in [0.717, 1.165) is 39.1 Å². The number of nitrogens with one attached hydrogen (secondary N) is 1. The fourth-order valence-electron chi connectivity index (χ4n) is 2.43. The van der Waals surface area contributed by atoms with Crippen molar-refractivity contribution in [2.24, 2.45) is 5.92 Å². The van der Waals surface area contributed by atoms with E-state index < -0.39 is 0 Å². The van der Waals surface area contributed by atoms with E-state index in [1.165, 1.54) is 11.1 Å². The molecule has 1 unspecified atom stereocenters. The number of hydrogen-bond acceptors (Lipinski definition) is 2. The molecule has 0 saturated heterocycles. The molecule has 0 bridgehead atoms. The van der Waals surface area contributed by atoms with Crippen LogP contribution in [0.25, 0.3) is 0 Å². The largest absolute Gasteiger partial charge is 0.381 e. The lowest BCUT2D eigenvalue weighted by Gasteiger charge is -2.21. The van der Waals surface area contributed by atoms with Crippen molar-refractivity contribution in [3.8, 4) is 0 Å². The molecule has 0 aliphatic rings. The molecule has 1 atom stereocenters. The maximum atomic E-state index is 5.67. The van der Waals surface area contributed by atoms with Crippen molar-refractivity contribution < 1.29 is 4.74 Å². The van der Waals surface area contributed by atoms with Crippen LogP contribution in [0.5, 0.6) is 0 Å². The smallest absolute Gasteiger partial charge is 0.0472 e. The molecule has 0 fully saturated rings. The van der Waals surface area contributed by atoms with Gasteiger partial charge < -0.3 is 10.1 Å². The van der Waals surface area contributed by atoms with Crippen molar-refractivity contribution in [3.63, 3.8) is 0 Å². The highest BCUT2D eigenvalue weighted by molar-refractivity contribution is 5.29. The Morgan fingerprint density at radius 3 is 2.50 bits per heavy atom. The number of hydrogen-bond donors (Lipinski definition) is 1. The summed E-state index contributed by atoms with van der Waals surface area (Å²) in [7, 11) is 0. The van der Waals surface area contributed by atoms with Crippen LogP contribution in [-0.4, -0.2) is 26.3 Å². The van der Waals surface area contributed by atoms with Gasteiger partial charge in [0.15, 0.2) is 0 Å². The molecule has 0 aliphatic carbocycles. The van der Waals surface area contributed by atoms with Crippen LogP contribution in [0.15, 0.2) is 24.3 Å². The first-order valence-corrected chi connectivity index (χ1v) is 7.99. The minimum absolute atomic E-state index is 0.548. The molecule has 0 amide bonds. The van der Waals surface area contributed by atoms with Crippen LogP contribution in [0.1, 0.15) is 50.7 Å². The SMILES string of the molecule is CCCOCCC(CNCC(C)C)c1ccccc1C. The molecule has 1 aromatic carbocycles. The summed E-state index contributed by atoms with van der Waals surface area (Å²) in [6.07, 6.45) is 2.19. The quantitative estimate of drug-likeness (QED) is 0.649. The van der Waals surface area contributed by atoms with Crippen molar-refractivity contribution in [3.05, 3.63) is 35.4 Å². The second-order valence-electron chi connectivity index (χ2n) is 6.01. The lowest BCUT2D eigenvalue weighted by atomic mass is 9.92. The van der Waals surface area contributed by atoms with Gasteiger partial charge in [0.2, 0.25) is 0 Å². The first kappa shape index (κ1) is 17.2. The van der Waals surface area contributed by atoms with Gasteiger partial charge in [0, 0.05) is 19.8 Å². The number of ether oxygens (including phenoxy) is 1. The van der Waals surface area contributed by atoms with E-state index >= 15 is 0 Å². The molecule has 2 heteroatoms. The van der Waals surface area contributed by atoms with Gasteiger partial charge in [-0.3, -0.25) is 0 Å². The summed E-state index contributed by atoms with van der Waals surface area (Å²) in [4.78, 5) is 0. The molecule has 2 nitrogen and oxygen atoms in total. The van der Waals surface area contributed by atoms with Crippen molar-refractivity contribution in [1.82, 2.24) is 5.32 Å². The first-order valence-electron chi connectivity index (χ1n) is 7.99. The Labute approximate surface area is 124 Å². The minimum atomic E-state index is 0.548. The molecular weight excluding hydrogens is 246 g/mol. The Hall–Kier alpha value is -0.860. The average molecular weight is 277 g/mol. The summed E-state index contributed by atoms with van der Waals surface area (Å²) in [5, 5.41) is 3.60. The topological polar surface area (TPSA) is 21.3 Å². The molecule has 0 aliphatic heterocycles. The summed E-state index contributed by atoms with van der Waals surface area (Å²) < 4.78 is 5.67. The van der Waals surface area contributed by atoms with E-state index in [9.17, 15) is 0 Å². The second kappa shape index (κ2) is 9.95. The molecule has 0 heterocycles. The third-order valence-corrected chi connectivity index (χ3v) is 3.53. The molecule has 1 rings (SSSR count). The number of aryl methyl sites for hydroxylation is 1. The van der Waals surface area contributed by atoms with E-state index in [-0.39, 0.29) is 0 Å². The van der Waals surface area contributed by atoms with Crippen LogP contribution in [-0.2, 0) is 4.74 Å². The molecule has 0 saturated carbocycles. The van der Waals surface area contributed by atoms with E-state index in [1.807, 2.05) is 0 Å². The van der Waals surface area contributed by atoms with Gasteiger partial charge in [-0.2, -0.15) is 0 Å². The Kier molecular flexibility index (Phi) is 8.56. The summed E-state index contributed by atoms with van der Waals surface area (Å²) in [6, 6.07) is 8.73. The monoisotopic (exact) mass is 277 g/mol. The van der Waals surface area contributed by atoms with E-state index in [2.05, 4.69) is 57.3 Å². The first-order chi connectivity index (χ1) is 9.65. The lowest BCUT2D eigenvalue weighted by molar-refractivity contribution is 0.127. The third-order valence-electron chi connectivity index (χ3n) is 3.53. The van der Waals surface area contributed by atoms with E-state index in [1.54, 1.807) is 0 Å². The highest BCUT2D eigenvalue weighted by Crippen LogP contribution is 2.22. The average Bonchev–Trinajstić information content (AvgIpc) is 2.42. The molecular formula is C18H31NO. The summed E-state index contributed by atoms with van der Waals surface area (Å²) >= 11 is 0. The molecule has 0 radical (unpaired) electrons. The molecule has 114 valence electrons. The Morgan fingerprint density at radius 2 is 1.85 bits per heavy atom. The van der Waals surface area contributed by atoms with Crippen LogP contribution < -0.4 is 5.32 Å². The van der Waals surface area contributed by atoms with Crippen LogP contribution in [0.2, 0.25) is 0 Å². The third kappa shape index (κ3) is 6.53. The highest BCUT2D eigenvalue weighted by atomic mass is 16.5. The predicted molar refractivity (Wildman–Crippen MR) is 87.4 cm³/mol. The van der Waals surface area contributed by atoms with E-state index in [0.29, 0.717) is 11.8 Å². The van der Waals surface area contributed by atoms with Crippen LogP contribution >= 0.6 is 0 Å². The summed E-state index contributed by atoms with van der Waals surface area (Å²) in [5.41, 5.74) is 2.85.